The second kappa shape index (κ2) is 3.38. The van der Waals surface area contributed by atoms with Crippen molar-refractivity contribution in [2.24, 2.45) is 4.99 Å². The smallest absolute Gasteiger partial charge is 0.0778 e. The van der Waals surface area contributed by atoms with Gasteiger partial charge in [0.25, 0.3) is 0 Å². The summed E-state index contributed by atoms with van der Waals surface area (Å²) in [5.41, 5.74) is 2.88. The van der Waals surface area contributed by atoms with Gasteiger partial charge >= 0.3 is 0 Å². The maximum Gasteiger partial charge on any atom is 0.0778 e. The first-order chi connectivity index (χ1) is 4.88. The summed E-state index contributed by atoms with van der Waals surface area (Å²) in [4.78, 5) is 5.36. The molecule has 1 aliphatic rings. The lowest BCUT2D eigenvalue weighted by Gasteiger charge is -1.93. The molecule has 0 spiro atoms. The Balaban J connectivity index is 0.000000605. The van der Waals surface area contributed by atoms with E-state index in [1.165, 1.54) is 4.90 Å². The van der Waals surface area contributed by atoms with Gasteiger partial charge in [-0.05, 0) is 43.7 Å². The number of aliphatic imine (C=N–C) groups is 1. The molecule has 0 radical (unpaired) electrons. The molecule has 2 rings (SSSR count). The number of hydrogen-bond donors (Lipinski definition) is 0. The number of para-hydroxylation sites is 1. The molecule has 0 aromatic heterocycles. The highest BCUT2D eigenvalue weighted by Crippen LogP contribution is 2.26. The second-order valence-corrected chi connectivity index (χ2v) is 4.32. The first kappa shape index (κ1) is 8.77. The van der Waals surface area contributed by atoms with Crippen LogP contribution in [0.25, 0.3) is 0 Å². The molecule has 0 bridgehead atoms. The molecule has 0 amide bonds. The van der Waals surface area contributed by atoms with Gasteiger partial charge in [-0.1, -0.05) is 12.1 Å². The Kier molecular flexibility index (Phi) is 2.70. The van der Waals surface area contributed by atoms with Gasteiger partial charge in [0.05, 0.1) is 11.2 Å². The van der Waals surface area contributed by atoms with E-state index in [-0.39, 0.29) is 20.4 Å². The van der Waals surface area contributed by atoms with E-state index in [1.807, 2.05) is 29.8 Å². The van der Waals surface area contributed by atoms with Gasteiger partial charge < -0.3 is 0 Å². The Morgan fingerprint density at radius 3 is 2.73 bits per heavy atom. The number of nitrogens with zero attached hydrogens (tertiary/aromatic N) is 1. The molecule has 0 N–H and O–H groups in total. The Morgan fingerprint density at radius 2 is 2.00 bits per heavy atom. The minimum absolute atomic E-state index is 0. The van der Waals surface area contributed by atoms with Crippen molar-refractivity contribution >= 4 is 42.8 Å². The van der Waals surface area contributed by atoms with Gasteiger partial charge in [-0.3, -0.25) is 0 Å². The first-order valence-corrected chi connectivity index (χ1v) is 5.13. The van der Waals surface area contributed by atoms with Crippen LogP contribution in [-0.4, -0.2) is 16.5 Å². The fourth-order valence-corrected chi connectivity index (χ4v) is 2.31. The second-order valence-electron chi connectivity index (χ2n) is 2.00. The monoisotopic (exact) mass is 199 g/mol. The van der Waals surface area contributed by atoms with Gasteiger partial charge in [0.1, 0.15) is 0 Å². The third-order valence-electron chi connectivity index (χ3n) is 1.37. The molecule has 58 valence electrons. The molecular formula is C7H9NS2Si. The third-order valence-corrected chi connectivity index (χ3v) is 3.24. The predicted molar refractivity (Wildman–Crippen MR) is 58.9 cm³/mol. The first-order valence-electron chi connectivity index (χ1n) is 2.92. The van der Waals surface area contributed by atoms with Crippen LogP contribution in [0.1, 0.15) is 0 Å². The lowest BCUT2D eigenvalue weighted by atomic mass is 10.3. The summed E-state index contributed by atoms with van der Waals surface area (Å²) in [5.74, 6) is 0. The summed E-state index contributed by atoms with van der Waals surface area (Å²) in [6, 6.07) is 8.01. The van der Waals surface area contributed by atoms with E-state index in [4.69, 9.17) is 11.2 Å². The van der Waals surface area contributed by atoms with Crippen molar-refractivity contribution in [2.45, 2.75) is 4.90 Å². The number of fused-ring (bicyclic) bond motifs is 1. The zero-order valence-electron chi connectivity index (χ0n) is 5.15. The normalized spacial score (nSPS) is 19.1. The van der Waals surface area contributed by atoms with Crippen molar-refractivity contribution in [1.82, 2.24) is 0 Å². The number of benzene rings is 1. The summed E-state index contributed by atoms with van der Waals surface area (Å²) >= 11 is 5.14. The minimum Gasteiger partial charge on any atom is -0.248 e. The molecule has 1 nitrogen and oxygen atoms in total. The van der Waals surface area contributed by atoms with Gasteiger partial charge in [0, 0.05) is 4.90 Å². The molecule has 0 saturated carbocycles. The SMILES string of the molecule is S=S1C=Nc2ccccc21.[SiH4]. The van der Waals surface area contributed by atoms with E-state index in [1.54, 1.807) is 0 Å². The van der Waals surface area contributed by atoms with E-state index < -0.39 is 0 Å². The van der Waals surface area contributed by atoms with E-state index in [2.05, 4.69) is 4.99 Å². The zero-order valence-corrected chi connectivity index (χ0v) is 6.78. The van der Waals surface area contributed by atoms with Gasteiger partial charge in [-0.15, -0.1) is 0 Å². The zero-order chi connectivity index (χ0) is 6.97. The maximum absolute atomic E-state index is 5.14. The summed E-state index contributed by atoms with van der Waals surface area (Å²) in [5, 5.41) is 0. The molecule has 0 saturated heterocycles. The molecule has 1 aliphatic heterocycles. The largest absolute Gasteiger partial charge is 0.248 e. The molecule has 1 atom stereocenters. The van der Waals surface area contributed by atoms with E-state index in [0.29, 0.717) is 0 Å². The average Bonchev–Trinajstić information content (AvgIpc) is 2.34. The maximum atomic E-state index is 5.14. The molecule has 0 aliphatic carbocycles. The van der Waals surface area contributed by atoms with Crippen molar-refractivity contribution in [3.63, 3.8) is 0 Å². The highest BCUT2D eigenvalue weighted by Gasteiger charge is 2.07. The number of rotatable bonds is 0. The van der Waals surface area contributed by atoms with Crippen molar-refractivity contribution < 1.29 is 0 Å². The highest BCUT2D eigenvalue weighted by molar-refractivity contribution is 8.36. The summed E-state index contributed by atoms with van der Waals surface area (Å²) < 4.78 is 0. The fourth-order valence-electron chi connectivity index (χ4n) is 0.895. The molecule has 1 heterocycles. The molecule has 1 unspecified atom stereocenters. The van der Waals surface area contributed by atoms with Gasteiger partial charge in [0.2, 0.25) is 0 Å². The number of hydrogen-bond acceptors (Lipinski definition) is 2. The van der Waals surface area contributed by atoms with Gasteiger partial charge in [0.15, 0.2) is 0 Å². The van der Waals surface area contributed by atoms with Gasteiger partial charge in [-0.2, -0.15) is 0 Å². The Morgan fingerprint density at radius 1 is 1.27 bits per heavy atom. The van der Waals surface area contributed by atoms with E-state index >= 15 is 0 Å². The predicted octanol–water partition coefficient (Wildman–Crippen LogP) is 0.347. The molecule has 0 fully saturated rings. The van der Waals surface area contributed by atoms with E-state index in [0.717, 1.165) is 5.69 Å². The lowest BCUT2D eigenvalue weighted by molar-refractivity contribution is 1.41. The van der Waals surface area contributed by atoms with Crippen LogP contribution in [0.2, 0.25) is 0 Å². The van der Waals surface area contributed by atoms with Crippen molar-refractivity contribution in [3.05, 3.63) is 24.3 Å². The van der Waals surface area contributed by atoms with Crippen LogP contribution in [0, 0.1) is 0 Å². The van der Waals surface area contributed by atoms with Crippen molar-refractivity contribution in [2.75, 3.05) is 0 Å². The van der Waals surface area contributed by atoms with Crippen LogP contribution >= 0.6 is 0 Å². The van der Waals surface area contributed by atoms with Crippen molar-refractivity contribution in [1.29, 1.82) is 0 Å². The van der Waals surface area contributed by atoms with Crippen molar-refractivity contribution in [3.8, 4) is 0 Å². The average molecular weight is 199 g/mol. The molecule has 1 aromatic carbocycles. The van der Waals surface area contributed by atoms with Crippen LogP contribution in [0.5, 0.6) is 0 Å². The molecule has 1 aromatic rings. The molecule has 4 heteroatoms. The standard InChI is InChI=1S/C7H5NS2.H4Si/c9-10-5-8-6-3-1-2-4-7(6)10;/h1-5H;1H4. The van der Waals surface area contributed by atoms with Crippen LogP contribution in [-0.2, 0) is 20.6 Å². The van der Waals surface area contributed by atoms with Crippen LogP contribution in [0.3, 0.4) is 0 Å². The molecule has 11 heavy (non-hydrogen) atoms. The van der Waals surface area contributed by atoms with Crippen LogP contribution in [0.15, 0.2) is 34.2 Å². The Labute approximate surface area is 77.2 Å². The van der Waals surface area contributed by atoms with Crippen LogP contribution in [0.4, 0.5) is 5.69 Å². The van der Waals surface area contributed by atoms with Gasteiger partial charge in [-0.25, -0.2) is 4.99 Å². The Hall–Kier alpha value is -0.323. The van der Waals surface area contributed by atoms with E-state index in [9.17, 15) is 0 Å². The highest BCUT2D eigenvalue weighted by atomic mass is 32.8. The summed E-state index contributed by atoms with van der Waals surface area (Å²) in [7, 11) is -0.156. The topological polar surface area (TPSA) is 12.4 Å². The fraction of sp³-hybridized carbons (Fsp3) is 0. The lowest BCUT2D eigenvalue weighted by Crippen LogP contribution is -1.80. The third kappa shape index (κ3) is 1.47. The minimum atomic E-state index is -0.156. The Bertz CT molecular complexity index is 322. The van der Waals surface area contributed by atoms with Crippen LogP contribution < -0.4 is 0 Å². The quantitative estimate of drug-likeness (QED) is 0.549. The summed E-state index contributed by atoms with van der Waals surface area (Å²) in [6.07, 6.45) is 0. The molecular weight excluding hydrogens is 190 g/mol. The summed E-state index contributed by atoms with van der Waals surface area (Å²) in [6.45, 7) is 0.